The molecule has 138 valence electrons. The molecule has 0 aliphatic heterocycles. The molecule has 0 saturated heterocycles. The SMILES string of the molecule is Cc1ccc(OCC(=O)NNC(=O)c2cccc(-n3cnnn3)c2)cc1C. The van der Waals surface area contributed by atoms with Crippen molar-refractivity contribution >= 4 is 11.8 Å². The predicted octanol–water partition coefficient (Wildman–Crippen LogP) is 1.12. The Bertz CT molecular complexity index is 955. The van der Waals surface area contributed by atoms with Crippen molar-refractivity contribution in [2.24, 2.45) is 0 Å². The first-order valence-corrected chi connectivity index (χ1v) is 8.15. The number of rotatable bonds is 5. The van der Waals surface area contributed by atoms with Gasteiger partial charge in [0.05, 0.1) is 5.69 Å². The highest BCUT2D eigenvalue weighted by Gasteiger charge is 2.10. The molecule has 1 aromatic heterocycles. The summed E-state index contributed by atoms with van der Waals surface area (Å²) in [5, 5.41) is 10.9. The van der Waals surface area contributed by atoms with Crippen molar-refractivity contribution in [3.8, 4) is 11.4 Å². The fourth-order valence-corrected chi connectivity index (χ4v) is 2.26. The van der Waals surface area contributed by atoms with Crippen molar-refractivity contribution in [2.75, 3.05) is 6.61 Å². The number of nitrogens with one attached hydrogen (secondary N) is 2. The number of hydrogen-bond donors (Lipinski definition) is 2. The Balaban J connectivity index is 1.52. The number of hydrogen-bond acceptors (Lipinski definition) is 6. The Hall–Kier alpha value is -3.75. The van der Waals surface area contributed by atoms with Crippen LogP contribution in [0, 0.1) is 13.8 Å². The number of nitrogens with zero attached hydrogens (tertiary/aromatic N) is 4. The first-order chi connectivity index (χ1) is 13.0. The van der Waals surface area contributed by atoms with Gasteiger partial charge in [0.2, 0.25) is 0 Å². The molecule has 0 fully saturated rings. The molecule has 27 heavy (non-hydrogen) atoms. The fourth-order valence-electron chi connectivity index (χ4n) is 2.26. The van der Waals surface area contributed by atoms with Crippen LogP contribution in [0.5, 0.6) is 5.75 Å². The zero-order valence-electron chi connectivity index (χ0n) is 14.8. The van der Waals surface area contributed by atoms with E-state index in [0.717, 1.165) is 11.1 Å². The third kappa shape index (κ3) is 4.66. The van der Waals surface area contributed by atoms with E-state index in [1.165, 1.54) is 11.0 Å². The Morgan fingerprint density at radius 2 is 1.93 bits per heavy atom. The second-order valence-electron chi connectivity index (χ2n) is 5.84. The van der Waals surface area contributed by atoms with E-state index in [1.807, 2.05) is 26.0 Å². The minimum atomic E-state index is -0.474. The lowest BCUT2D eigenvalue weighted by Crippen LogP contribution is -2.43. The highest BCUT2D eigenvalue weighted by molar-refractivity contribution is 5.95. The zero-order valence-corrected chi connectivity index (χ0v) is 14.8. The van der Waals surface area contributed by atoms with E-state index in [4.69, 9.17) is 4.74 Å². The van der Waals surface area contributed by atoms with E-state index in [1.54, 1.807) is 30.3 Å². The van der Waals surface area contributed by atoms with Gasteiger partial charge in [-0.1, -0.05) is 12.1 Å². The molecular formula is C18H18N6O3. The maximum atomic E-state index is 12.2. The van der Waals surface area contributed by atoms with Gasteiger partial charge in [0.15, 0.2) is 6.61 Å². The molecule has 0 atom stereocenters. The van der Waals surface area contributed by atoms with Crippen LogP contribution in [0.2, 0.25) is 0 Å². The van der Waals surface area contributed by atoms with E-state index in [9.17, 15) is 9.59 Å². The van der Waals surface area contributed by atoms with Crippen LogP contribution in [0.3, 0.4) is 0 Å². The van der Waals surface area contributed by atoms with Gasteiger partial charge in [0.25, 0.3) is 11.8 Å². The van der Waals surface area contributed by atoms with Gasteiger partial charge < -0.3 is 4.74 Å². The van der Waals surface area contributed by atoms with Crippen LogP contribution in [0.15, 0.2) is 48.8 Å². The van der Waals surface area contributed by atoms with E-state index >= 15 is 0 Å². The van der Waals surface area contributed by atoms with Gasteiger partial charge in [-0.25, -0.2) is 4.68 Å². The van der Waals surface area contributed by atoms with Gasteiger partial charge in [-0.3, -0.25) is 20.4 Å². The lowest BCUT2D eigenvalue weighted by molar-refractivity contribution is -0.123. The quantitative estimate of drug-likeness (QED) is 0.655. The normalized spacial score (nSPS) is 10.3. The second-order valence-corrected chi connectivity index (χ2v) is 5.84. The highest BCUT2D eigenvalue weighted by atomic mass is 16.5. The summed E-state index contributed by atoms with van der Waals surface area (Å²) >= 11 is 0. The highest BCUT2D eigenvalue weighted by Crippen LogP contribution is 2.16. The Morgan fingerprint density at radius 1 is 1.07 bits per heavy atom. The standard InChI is InChI=1S/C18H18N6O3/c1-12-6-7-16(8-13(12)2)27-10-17(25)20-21-18(26)14-4-3-5-15(9-14)24-11-19-22-23-24/h3-9,11H,10H2,1-2H3,(H,20,25)(H,21,26). The van der Waals surface area contributed by atoms with Gasteiger partial charge in [-0.2, -0.15) is 0 Å². The van der Waals surface area contributed by atoms with Crippen LogP contribution in [-0.2, 0) is 4.79 Å². The van der Waals surface area contributed by atoms with Crippen LogP contribution in [0.25, 0.3) is 5.69 Å². The third-order valence-corrected chi connectivity index (χ3v) is 3.89. The van der Waals surface area contributed by atoms with E-state index in [2.05, 4.69) is 26.4 Å². The lowest BCUT2D eigenvalue weighted by atomic mass is 10.1. The minimum absolute atomic E-state index is 0.215. The maximum Gasteiger partial charge on any atom is 0.276 e. The molecule has 9 nitrogen and oxygen atoms in total. The Morgan fingerprint density at radius 3 is 2.67 bits per heavy atom. The molecule has 2 amide bonds. The van der Waals surface area contributed by atoms with Gasteiger partial charge >= 0.3 is 0 Å². The summed E-state index contributed by atoms with van der Waals surface area (Å²) in [5.74, 6) is -0.351. The lowest BCUT2D eigenvalue weighted by Gasteiger charge is -2.10. The Labute approximate surface area is 155 Å². The molecule has 2 N–H and O–H groups in total. The van der Waals surface area contributed by atoms with E-state index < -0.39 is 11.8 Å². The molecule has 0 radical (unpaired) electrons. The van der Waals surface area contributed by atoms with Crippen LogP contribution in [-0.4, -0.2) is 38.6 Å². The molecule has 0 saturated carbocycles. The molecule has 0 unspecified atom stereocenters. The largest absolute Gasteiger partial charge is 0.484 e. The first kappa shape index (κ1) is 18.1. The average molecular weight is 366 g/mol. The molecule has 3 aromatic rings. The fraction of sp³-hybridized carbons (Fsp3) is 0.167. The topological polar surface area (TPSA) is 111 Å². The summed E-state index contributed by atoms with van der Waals surface area (Å²) in [6.45, 7) is 3.75. The summed E-state index contributed by atoms with van der Waals surface area (Å²) < 4.78 is 6.84. The number of aromatic nitrogens is 4. The van der Waals surface area contributed by atoms with E-state index in [0.29, 0.717) is 17.0 Å². The molecule has 2 aromatic carbocycles. The van der Waals surface area contributed by atoms with Gasteiger partial charge in [0.1, 0.15) is 12.1 Å². The van der Waals surface area contributed by atoms with Crippen molar-refractivity contribution in [1.29, 1.82) is 0 Å². The number of carbonyl (C=O) groups is 2. The molecule has 0 bridgehead atoms. The molecular weight excluding hydrogens is 348 g/mol. The number of aryl methyl sites for hydroxylation is 2. The molecule has 0 aliphatic carbocycles. The number of hydrazine groups is 1. The van der Waals surface area contributed by atoms with Crippen molar-refractivity contribution in [3.05, 3.63) is 65.5 Å². The van der Waals surface area contributed by atoms with Crippen LogP contribution in [0.1, 0.15) is 21.5 Å². The number of carbonyl (C=O) groups excluding carboxylic acids is 2. The van der Waals surface area contributed by atoms with Crippen molar-refractivity contribution < 1.29 is 14.3 Å². The van der Waals surface area contributed by atoms with Gasteiger partial charge in [0, 0.05) is 5.56 Å². The summed E-state index contributed by atoms with van der Waals surface area (Å²) in [7, 11) is 0. The molecule has 0 aliphatic rings. The third-order valence-electron chi connectivity index (χ3n) is 3.89. The minimum Gasteiger partial charge on any atom is -0.484 e. The molecule has 0 spiro atoms. The van der Waals surface area contributed by atoms with Gasteiger partial charge in [-0.05, 0) is 65.7 Å². The predicted molar refractivity (Wildman–Crippen MR) is 96.2 cm³/mol. The first-order valence-electron chi connectivity index (χ1n) is 8.15. The monoisotopic (exact) mass is 366 g/mol. The van der Waals surface area contributed by atoms with Crippen molar-refractivity contribution in [1.82, 2.24) is 31.1 Å². The summed E-state index contributed by atoms with van der Waals surface area (Å²) in [5.41, 5.74) is 7.85. The molecule has 9 heteroatoms. The van der Waals surface area contributed by atoms with Crippen molar-refractivity contribution in [3.63, 3.8) is 0 Å². The number of tetrazole rings is 1. The van der Waals surface area contributed by atoms with E-state index in [-0.39, 0.29) is 6.61 Å². The number of amides is 2. The summed E-state index contributed by atoms with van der Waals surface area (Å²) in [6, 6.07) is 12.2. The van der Waals surface area contributed by atoms with Crippen LogP contribution >= 0.6 is 0 Å². The molecule has 3 rings (SSSR count). The maximum absolute atomic E-state index is 12.2. The number of ether oxygens (including phenoxy) is 1. The number of benzene rings is 2. The van der Waals surface area contributed by atoms with Gasteiger partial charge in [-0.15, -0.1) is 5.10 Å². The molecule has 1 heterocycles. The second kappa shape index (κ2) is 8.09. The van der Waals surface area contributed by atoms with Crippen LogP contribution in [0.4, 0.5) is 0 Å². The smallest absolute Gasteiger partial charge is 0.276 e. The van der Waals surface area contributed by atoms with Crippen molar-refractivity contribution in [2.45, 2.75) is 13.8 Å². The zero-order chi connectivity index (χ0) is 19.2. The summed E-state index contributed by atoms with van der Waals surface area (Å²) in [4.78, 5) is 24.1. The Kier molecular flexibility index (Phi) is 5.41. The average Bonchev–Trinajstić information content (AvgIpc) is 3.22. The summed E-state index contributed by atoms with van der Waals surface area (Å²) in [6.07, 6.45) is 1.42. The van der Waals surface area contributed by atoms with Crippen LogP contribution < -0.4 is 15.6 Å².